The Morgan fingerprint density at radius 2 is 1.51 bits per heavy atom. The number of carbonyl (C=O) groups excluding carboxylic acids is 2. The Hall–Kier alpha value is -5.14. The van der Waals surface area contributed by atoms with Gasteiger partial charge in [0.05, 0.1) is 22.8 Å². The molecule has 2 heterocycles. The molecule has 6 rings (SSSR count). The van der Waals surface area contributed by atoms with E-state index in [4.69, 9.17) is 5.26 Å². The Morgan fingerprint density at radius 1 is 0.837 bits per heavy atom. The van der Waals surface area contributed by atoms with Gasteiger partial charge in [-0.25, -0.2) is 3.97 Å². The van der Waals surface area contributed by atoms with Crippen LogP contribution < -0.4 is 10.0 Å². The molecule has 0 spiro atoms. The lowest BCUT2D eigenvalue weighted by molar-refractivity contribution is -0.139. The minimum Gasteiger partial charge on any atom is -0.342 e. The van der Waals surface area contributed by atoms with Gasteiger partial charge >= 0.3 is 10.2 Å². The molecule has 0 aliphatic carbocycles. The molecule has 1 aliphatic rings. The summed E-state index contributed by atoms with van der Waals surface area (Å²) < 4.78 is 31.5. The molecule has 1 fully saturated rings. The van der Waals surface area contributed by atoms with Crippen LogP contribution >= 0.6 is 0 Å². The number of rotatable bonds is 8. The summed E-state index contributed by atoms with van der Waals surface area (Å²) in [6.45, 7) is 1.14. The number of hydrogen-bond acceptors (Lipinski definition) is 5. The molecule has 216 valence electrons. The minimum atomic E-state index is -4.24. The highest BCUT2D eigenvalue weighted by Crippen LogP contribution is 2.29. The number of nitrogens with zero attached hydrogens (tertiary/aromatic N) is 3. The lowest BCUT2D eigenvalue weighted by Gasteiger charge is -2.23. The Bertz CT molecular complexity index is 1990. The zero-order valence-corrected chi connectivity index (χ0v) is 24.0. The molecular weight excluding hydrogens is 562 g/mol. The number of benzene rings is 4. The van der Waals surface area contributed by atoms with E-state index in [2.05, 4.69) is 16.1 Å². The third-order valence-electron chi connectivity index (χ3n) is 7.71. The van der Waals surface area contributed by atoms with E-state index in [1.165, 1.54) is 0 Å². The van der Waals surface area contributed by atoms with E-state index < -0.39 is 22.0 Å². The smallest absolute Gasteiger partial charge is 0.329 e. The summed E-state index contributed by atoms with van der Waals surface area (Å²) in [4.78, 5) is 29.1. The summed E-state index contributed by atoms with van der Waals surface area (Å²) in [5, 5.41) is 14.4. The van der Waals surface area contributed by atoms with Gasteiger partial charge in [0.1, 0.15) is 11.7 Å². The molecule has 1 unspecified atom stereocenters. The Kier molecular flexibility index (Phi) is 7.57. The third-order valence-corrected chi connectivity index (χ3v) is 9.08. The minimum absolute atomic E-state index is 0.0264. The monoisotopic (exact) mass is 591 g/mol. The number of fused-ring (bicyclic) bond motifs is 2. The largest absolute Gasteiger partial charge is 0.342 e. The quantitative estimate of drug-likeness (QED) is 0.237. The molecular formula is C33H29N5O4S. The predicted molar refractivity (Wildman–Crippen MR) is 167 cm³/mol. The van der Waals surface area contributed by atoms with Crippen LogP contribution in [0.25, 0.3) is 21.7 Å². The predicted octanol–water partition coefficient (Wildman–Crippen LogP) is 5.29. The number of anilines is 2. The average Bonchev–Trinajstić information content (AvgIpc) is 3.68. The van der Waals surface area contributed by atoms with E-state index in [9.17, 15) is 18.0 Å². The molecule has 5 aromatic rings. The number of nitriles is 1. The normalized spacial score (nSPS) is 14.0. The number of likely N-dealkylation sites (tertiary alicyclic amines) is 1. The Labute approximate surface area is 249 Å². The van der Waals surface area contributed by atoms with Gasteiger partial charge in [0.2, 0.25) is 11.8 Å². The first kappa shape index (κ1) is 28.0. The van der Waals surface area contributed by atoms with Gasteiger partial charge in [0.25, 0.3) is 0 Å². The van der Waals surface area contributed by atoms with Crippen molar-refractivity contribution in [1.82, 2.24) is 8.87 Å². The Balaban J connectivity index is 1.34. The van der Waals surface area contributed by atoms with Gasteiger partial charge in [0.15, 0.2) is 0 Å². The number of hydrogen-bond donors (Lipinski definition) is 2. The highest BCUT2D eigenvalue weighted by molar-refractivity contribution is 7.91. The van der Waals surface area contributed by atoms with Crippen LogP contribution in [0.1, 0.15) is 24.0 Å². The van der Waals surface area contributed by atoms with Crippen LogP contribution in [0.4, 0.5) is 11.5 Å². The van der Waals surface area contributed by atoms with Crippen molar-refractivity contribution in [2.75, 3.05) is 23.1 Å². The van der Waals surface area contributed by atoms with Crippen LogP contribution in [-0.4, -0.2) is 42.2 Å². The zero-order valence-electron chi connectivity index (χ0n) is 23.2. The van der Waals surface area contributed by atoms with E-state index in [-0.39, 0.29) is 18.1 Å². The first-order chi connectivity index (χ1) is 20.8. The van der Waals surface area contributed by atoms with Crippen LogP contribution in [0.15, 0.2) is 97.1 Å². The van der Waals surface area contributed by atoms with Gasteiger partial charge < -0.3 is 10.2 Å². The van der Waals surface area contributed by atoms with Gasteiger partial charge in [-0.15, -0.1) is 0 Å². The van der Waals surface area contributed by atoms with Crippen LogP contribution in [0, 0.1) is 17.2 Å². The lowest BCUT2D eigenvalue weighted by atomic mass is 9.96. The van der Waals surface area contributed by atoms with Crippen LogP contribution in [-0.2, 0) is 26.2 Å². The molecule has 1 saturated heterocycles. The zero-order chi connectivity index (χ0) is 30.0. The van der Waals surface area contributed by atoms with Gasteiger partial charge in [-0.1, -0.05) is 60.7 Å². The molecule has 2 amide bonds. The van der Waals surface area contributed by atoms with E-state index in [0.717, 1.165) is 33.1 Å². The number of aromatic nitrogens is 1. The van der Waals surface area contributed by atoms with Gasteiger partial charge in [-0.2, -0.15) is 13.7 Å². The summed E-state index contributed by atoms with van der Waals surface area (Å²) in [6.07, 6.45) is 1.84. The molecule has 43 heavy (non-hydrogen) atoms. The van der Waals surface area contributed by atoms with Gasteiger partial charge in [0, 0.05) is 18.5 Å². The van der Waals surface area contributed by atoms with Crippen LogP contribution in [0.3, 0.4) is 0 Å². The number of carbonyl (C=O) groups is 2. The van der Waals surface area contributed by atoms with Gasteiger partial charge in [-0.3, -0.25) is 14.3 Å². The Morgan fingerprint density at radius 3 is 2.23 bits per heavy atom. The molecule has 0 radical (unpaired) electrons. The third kappa shape index (κ3) is 5.80. The standard InChI is InChI=1S/C33H29N5O4S/c34-22-24-13-11-23(12-14-24)19-29(33(40)37-17-5-6-18-37)32(39)35-31-21-27-9-3-4-10-30(27)38(31)43(41,42)36-28-16-15-25-7-1-2-8-26(25)20-28/h1-4,7-16,20-21,29,36H,5-6,17-19H2,(H,35,39). The summed E-state index contributed by atoms with van der Waals surface area (Å²) in [5.74, 6) is -1.97. The van der Waals surface area contributed by atoms with Crippen molar-refractivity contribution in [2.24, 2.45) is 5.92 Å². The molecule has 1 atom stereocenters. The maximum atomic E-state index is 13.9. The molecule has 0 bridgehead atoms. The summed E-state index contributed by atoms with van der Waals surface area (Å²) in [7, 11) is -4.24. The highest BCUT2D eigenvalue weighted by Gasteiger charge is 2.33. The van der Waals surface area contributed by atoms with Gasteiger partial charge in [-0.05, 0) is 72.0 Å². The number of nitrogens with one attached hydrogen (secondary N) is 2. The lowest BCUT2D eigenvalue weighted by Crippen LogP contribution is -2.41. The second-order valence-corrected chi connectivity index (χ2v) is 12.1. The van der Waals surface area contributed by atoms with Crippen molar-refractivity contribution in [2.45, 2.75) is 19.3 Å². The number of amides is 2. The summed E-state index contributed by atoms with van der Waals surface area (Å²) >= 11 is 0. The fraction of sp³-hybridized carbons (Fsp3) is 0.182. The van der Waals surface area contributed by atoms with E-state index in [0.29, 0.717) is 35.2 Å². The summed E-state index contributed by atoms with van der Waals surface area (Å²) in [5.41, 5.74) is 1.94. The van der Waals surface area contributed by atoms with Crippen molar-refractivity contribution in [3.05, 3.63) is 108 Å². The fourth-order valence-corrected chi connectivity index (χ4v) is 6.84. The van der Waals surface area contributed by atoms with Crippen molar-refractivity contribution in [1.29, 1.82) is 5.26 Å². The van der Waals surface area contributed by atoms with E-state index in [1.807, 2.05) is 30.3 Å². The molecule has 1 aromatic heterocycles. The molecule has 4 aromatic carbocycles. The van der Waals surface area contributed by atoms with Crippen molar-refractivity contribution in [3.63, 3.8) is 0 Å². The number of para-hydroxylation sites is 1. The maximum absolute atomic E-state index is 13.9. The first-order valence-corrected chi connectivity index (χ1v) is 15.5. The fourth-order valence-electron chi connectivity index (χ4n) is 5.54. The van der Waals surface area contributed by atoms with E-state index in [1.54, 1.807) is 71.6 Å². The molecule has 1 aliphatic heterocycles. The molecule has 2 N–H and O–H groups in total. The van der Waals surface area contributed by atoms with Crippen molar-refractivity contribution < 1.29 is 18.0 Å². The summed E-state index contributed by atoms with van der Waals surface area (Å²) in [6, 6.07) is 30.2. The second-order valence-electron chi connectivity index (χ2n) is 10.6. The molecule has 0 saturated carbocycles. The highest BCUT2D eigenvalue weighted by atomic mass is 32.2. The molecule has 10 heteroatoms. The molecule has 9 nitrogen and oxygen atoms in total. The van der Waals surface area contributed by atoms with Crippen molar-refractivity contribution in [3.8, 4) is 6.07 Å². The SMILES string of the molecule is N#Cc1ccc(CC(C(=O)Nc2cc3ccccc3n2S(=O)(=O)Nc2ccc3ccccc3c2)C(=O)N2CCCC2)cc1. The van der Waals surface area contributed by atoms with Crippen LogP contribution in [0.5, 0.6) is 0 Å². The average molecular weight is 592 g/mol. The first-order valence-electron chi connectivity index (χ1n) is 14.0. The second kappa shape index (κ2) is 11.6. The van der Waals surface area contributed by atoms with Crippen molar-refractivity contribution >= 4 is 55.2 Å². The topological polar surface area (TPSA) is 124 Å². The van der Waals surface area contributed by atoms with Crippen LogP contribution in [0.2, 0.25) is 0 Å². The van der Waals surface area contributed by atoms with E-state index >= 15 is 0 Å². The maximum Gasteiger partial charge on any atom is 0.329 e.